The number of carbonyl (C=O) groups is 2. The molecule has 2 aliphatic carbocycles. The second kappa shape index (κ2) is 6.24. The number of para-hydroxylation sites is 2. The van der Waals surface area contributed by atoms with Crippen LogP contribution in [0.3, 0.4) is 0 Å². The fourth-order valence-corrected chi connectivity index (χ4v) is 5.16. The molecule has 1 aliphatic heterocycles. The lowest BCUT2D eigenvalue weighted by molar-refractivity contribution is -0.384. The molecule has 144 valence electrons. The number of hydrogen-bond acceptors (Lipinski definition) is 4. The molecule has 0 aromatic heterocycles. The van der Waals surface area contributed by atoms with Gasteiger partial charge >= 0.3 is 0 Å². The second-order valence-electron chi connectivity index (χ2n) is 7.69. The van der Waals surface area contributed by atoms with Gasteiger partial charge in [-0.15, -0.1) is 0 Å². The number of fused-ring (bicyclic) bond motifs is 5. The van der Waals surface area contributed by atoms with Crippen LogP contribution in [0.15, 0.2) is 72.3 Å². The SMILES string of the molecule is CC(=C1[C@H]2C=C[C@H]1[C@H]1C(=O)N(c3ccccc3[N+](=O)[O-])C(=O)[C@H]12)c1ccccc1. The Balaban J connectivity index is 1.57. The number of hydrogen-bond donors (Lipinski definition) is 0. The maximum Gasteiger partial charge on any atom is 0.293 e. The van der Waals surface area contributed by atoms with E-state index >= 15 is 0 Å². The highest BCUT2D eigenvalue weighted by atomic mass is 16.6. The number of nitrogens with zero attached hydrogens (tertiary/aromatic N) is 2. The van der Waals surface area contributed by atoms with E-state index in [1.54, 1.807) is 6.07 Å². The molecule has 1 saturated heterocycles. The van der Waals surface area contributed by atoms with Crippen LogP contribution in [-0.4, -0.2) is 16.7 Å². The molecule has 1 saturated carbocycles. The molecule has 5 rings (SSSR count). The zero-order chi connectivity index (χ0) is 20.3. The highest BCUT2D eigenvalue weighted by molar-refractivity contribution is 6.24. The molecule has 4 atom stereocenters. The number of allylic oxidation sites excluding steroid dienone is 4. The van der Waals surface area contributed by atoms with Crippen molar-refractivity contribution in [1.82, 2.24) is 0 Å². The van der Waals surface area contributed by atoms with E-state index in [0.717, 1.165) is 21.6 Å². The van der Waals surface area contributed by atoms with Gasteiger partial charge in [-0.2, -0.15) is 0 Å². The van der Waals surface area contributed by atoms with Gasteiger partial charge in [0.15, 0.2) is 0 Å². The van der Waals surface area contributed by atoms with Gasteiger partial charge in [-0.05, 0) is 24.1 Å². The smallest absolute Gasteiger partial charge is 0.274 e. The summed E-state index contributed by atoms with van der Waals surface area (Å²) in [5.74, 6) is -1.96. The summed E-state index contributed by atoms with van der Waals surface area (Å²) in [6.07, 6.45) is 4.03. The number of benzene rings is 2. The van der Waals surface area contributed by atoms with Gasteiger partial charge in [0.2, 0.25) is 11.8 Å². The van der Waals surface area contributed by atoms with Gasteiger partial charge in [0.05, 0.1) is 16.8 Å². The third-order valence-electron chi connectivity index (χ3n) is 6.37. The first-order chi connectivity index (χ1) is 14.0. The predicted molar refractivity (Wildman–Crippen MR) is 108 cm³/mol. The quantitative estimate of drug-likeness (QED) is 0.346. The summed E-state index contributed by atoms with van der Waals surface area (Å²) in [6.45, 7) is 2.04. The normalized spacial score (nSPS) is 28.8. The molecular weight excluding hydrogens is 368 g/mol. The van der Waals surface area contributed by atoms with Crippen molar-refractivity contribution in [1.29, 1.82) is 0 Å². The average Bonchev–Trinajstić information content (AvgIpc) is 3.37. The van der Waals surface area contributed by atoms with E-state index < -0.39 is 16.8 Å². The summed E-state index contributed by atoms with van der Waals surface area (Å²) in [5.41, 5.74) is 3.13. The van der Waals surface area contributed by atoms with E-state index in [0.29, 0.717) is 0 Å². The summed E-state index contributed by atoms with van der Waals surface area (Å²) in [6, 6.07) is 15.9. The van der Waals surface area contributed by atoms with Gasteiger partial charge in [-0.25, -0.2) is 4.90 Å². The van der Waals surface area contributed by atoms with Crippen molar-refractivity contribution in [3.63, 3.8) is 0 Å². The molecule has 0 unspecified atom stereocenters. The van der Waals surface area contributed by atoms with Crippen LogP contribution >= 0.6 is 0 Å². The highest BCUT2D eigenvalue weighted by Gasteiger charge is 2.62. The second-order valence-corrected chi connectivity index (χ2v) is 7.69. The van der Waals surface area contributed by atoms with Crippen LogP contribution in [0.4, 0.5) is 11.4 Å². The van der Waals surface area contributed by atoms with E-state index in [9.17, 15) is 19.7 Å². The molecule has 6 heteroatoms. The van der Waals surface area contributed by atoms with Crippen LogP contribution in [0.5, 0.6) is 0 Å². The maximum absolute atomic E-state index is 13.3. The minimum Gasteiger partial charge on any atom is -0.274 e. The van der Waals surface area contributed by atoms with Gasteiger partial charge in [0, 0.05) is 17.9 Å². The van der Waals surface area contributed by atoms with E-state index in [1.807, 2.05) is 49.4 Å². The van der Waals surface area contributed by atoms with E-state index in [2.05, 4.69) is 0 Å². The van der Waals surface area contributed by atoms with Gasteiger partial charge in [-0.1, -0.05) is 60.2 Å². The highest BCUT2D eigenvalue weighted by Crippen LogP contribution is 2.58. The largest absolute Gasteiger partial charge is 0.293 e. The zero-order valence-corrected chi connectivity index (χ0v) is 15.7. The third-order valence-corrected chi connectivity index (χ3v) is 6.37. The number of nitro groups is 1. The van der Waals surface area contributed by atoms with Gasteiger partial charge in [0.1, 0.15) is 5.69 Å². The summed E-state index contributed by atoms with van der Waals surface area (Å²) in [5, 5.41) is 11.4. The first-order valence-corrected chi connectivity index (χ1v) is 9.56. The molecule has 2 aromatic carbocycles. The first kappa shape index (κ1) is 17.6. The minimum atomic E-state index is -0.554. The van der Waals surface area contributed by atoms with Crippen LogP contribution in [0.2, 0.25) is 0 Å². The molecule has 0 N–H and O–H groups in total. The molecule has 0 spiro atoms. The van der Waals surface area contributed by atoms with Crippen molar-refractivity contribution in [3.05, 3.63) is 88.0 Å². The molecule has 2 bridgehead atoms. The molecule has 2 amide bonds. The van der Waals surface area contributed by atoms with Gasteiger partial charge in [0.25, 0.3) is 5.69 Å². The Labute approximate surface area is 167 Å². The van der Waals surface area contributed by atoms with Crippen molar-refractivity contribution in [2.45, 2.75) is 6.92 Å². The Morgan fingerprint density at radius 1 is 0.897 bits per heavy atom. The molecule has 2 aromatic rings. The van der Waals surface area contributed by atoms with Gasteiger partial charge < -0.3 is 0 Å². The number of rotatable bonds is 3. The van der Waals surface area contributed by atoms with Crippen molar-refractivity contribution >= 4 is 28.8 Å². The molecule has 6 nitrogen and oxygen atoms in total. The lowest BCUT2D eigenvalue weighted by Crippen LogP contribution is -2.33. The predicted octanol–water partition coefficient (Wildman–Crippen LogP) is 3.99. The fraction of sp³-hybridized carbons (Fsp3) is 0.217. The Morgan fingerprint density at radius 2 is 1.45 bits per heavy atom. The van der Waals surface area contributed by atoms with Crippen LogP contribution in [0.1, 0.15) is 12.5 Å². The van der Waals surface area contributed by atoms with E-state index in [-0.39, 0.29) is 35.0 Å². The molecule has 2 fully saturated rings. The summed E-state index contributed by atoms with van der Waals surface area (Å²) in [7, 11) is 0. The zero-order valence-electron chi connectivity index (χ0n) is 15.7. The van der Waals surface area contributed by atoms with Crippen LogP contribution < -0.4 is 4.90 Å². The summed E-state index contributed by atoms with van der Waals surface area (Å²) >= 11 is 0. The number of carbonyl (C=O) groups excluding carboxylic acids is 2. The lowest BCUT2D eigenvalue weighted by Gasteiger charge is -2.20. The molecule has 29 heavy (non-hydrogen) atoms. The molecule has 1 heterocycles. The number of imide groups is 1. The van der Waals surface area contributed by atoms with Crippen LogP contribution in [0, 0.1) is 33.8 Å². The third kappa shape index (κ3) is 2.35. The van der Waals surface area contributed by atoms with Crippen molar-refractivity contribution in [3.8, 4) is 0 Å². The molecule has 0 radical (unpaired) electrons. The van der Waals surface area contributed by atoms with Crippen molar-refractivity contribution < 1.29 is 14.5 Å². The Kier molecular flexibility index (Phi) is 3.77. The summed E-state index contributed by atoms with van der Waals surface area (Å²) < 4.78 is 0. The van der Waals surface area contributed by atoms with E-state index in [4.69, 9.17) is 0 Å². The average molecular weight is 386 g/mol. The van der Waals surface area contributed by atoms with Crippen LogP contribution in [0.25, 0.3) is 5.57 Å². The molecular formula is C23H18N2O4. The fourth-order valence-electron chi connectivity index (χ4n) is 5.16. The summed E-state index contributed by atoms with van der Waals surface area (Å²) in [4.78, 5) is 38.5. The molecule has 3 aliphatic rings. The maximum atomic E-state index is 13.3. The van der Waals surface area contributed by atoms with Crippen molar-refractivity contribution in [2.24, 2.45) is 23.7 Å². The first-order valence-electron chi connectivity index (χ1n) is 9.56. The van der Waals surface area contributed by atoms with Crippen LogP contribution in [-0.2, 0) is 9.59 Å². The number of anilines is 1. The Bertz CT molecular complexity index is 1080. The van der Waals surface area contributed by atoms with Crippen molar-refractivity contribution in [2.75, 3.05) is 4.90 Å². The monoisotopic (exact) mass is 386 g/mol. The number of amides is 2. The Hall–Kier alpha value is -3.54. The van der Waals surface area contributed by atoms with E-state index in [1.165, 1.54) is 18.2 Å². The standard InChI is InChI=1S/C23H18N2O4/c1-13(14-7-3-2-4-8-14)19-15-11-12-16(19)21-20(15)22(26)24(23(21)27)17-9-5-6-10-18(17)25(28)29/h2-12,15-16,20-21H,1H3/t15-,16-,20-,21+/m1/s1. The number of nitro benzene ring substituents is 1. The van der Waals surface area contributed by atoms with Gasteiger partial charge in [-0.3, -0.25) is 19.7 Å². The lowest BCUT2D eigenvalue weighted by atomic mass is 9.85. The minimum absolute atomic E-state index is 0.0617. The topological polar surface area (TPSA) is 80.5 Å². The Morgan fingerprint density at radius 3 is 2.03 bits per heavy atom.